The molecule has 0 aliphatic heterocycles. The Kier molecular flexibility index (Phi) is 4.42. The Bertz CT molecular complexity index is 666. The third-order valence-corrected chi connectivity index (χ3v) is 3.54. The highest BCUT2D eigenvalue weighted by Gasteiger charge is 2.23. The van der Waals surface area contributed by atoms with E-state index in [4.69, 9.17) is 0 Å². The monoisotopic (exact) mass is 350 g/mol. The molecule has 2 rings (SSSR count). The number of hydrogen-bond donors (Lipinski definition) is 1. The first kappa shape index (κ1) is 15.6. The molecule has 1 amide bonds. The van der Waals surface area contributed by atoms with E-state index in [1.807, 2.05) is 12.1 Å². The highest BCUT2D eigenvalue weighted by molar-refractivity contribution is 9.10. The average Bonchev–Trinajstić information content (AvgIpc) is 2.42. The van der Waals surface area contributed by atoms with Gasteiger partial charge in [-0.1, -0.05) is 26.8 Å². The molecule has 1 N–H and O–H groups in total. The molecule has 110 valence electrons. The van der Waals surface area contributed by atoms with Crippen molar-refractivity contribution in [2.75, 3.05) is 5.32 Å². The van der Waals surface area contributed by atoms with Crippen molar-refractivity contribution in [1.82, 2.24) is 4.98 Å². The molecule has 2 aromatic rings. The maximum atomic E-state index is 13.8. The van der Waals surface area contributed by atoms with Gasteiger partial charge in [0.15, 0.2) is 0 Å². The molecule has 0 fully saturated rings. The number of carbonyl (C=O) groups is 1. The molecular weight excluding hydrogens is 335 g/mol. The summed E-state index contributed by atoms with van der Waals surface area (Å²) in [6.07, 6.45) is 1.65. The second kappa shape index (κ2) is 5.93. The maximum absolute atomic E-state index is 13.8. The third-order valence-electron chi connectivity index (χ3n) is 2.93. The van der Waals surface area contributed by atoms with Crippen LogP contribution in [-0.2, 0) is 4.79 Å². The molecule has 1 heterocycles. The second-order valence-electron chi connectivity index (χ2n) is 5.73. The summed E-state index contributed by atoms with van der Waals surface area (Å²) in [5, 5.41) is 2.78. The summed E-state index contributed by atoms with van der Waals surface area (Å²) in [6, 6.07) is 8.38. The Hall–Kier alpha value is -1.75. The van der Waals surface area contributed by atoms with E-state index in [2.05, 4.69) is 26.2 Å². The van der Waals surface area contributed by atoms with E-state index < -0.39 is 11.2 Å². The molecule has 0 aliphatic carbocycles. The van der Waals surface area contributed by atoms with E-state index in [0.29, 0.717) is 21.4 Å². The van der Waals surface area contributed by atoms with E-state index in [-0.39, 0.29) is 5.91 Å². The zero-order valence-electron chi connectivity index (χ0n) is 12.1. The first-order chi connectivity index (χ1) is 9.79. The quantitative estimate of drug-likeness (QED) is 0.857. The Labute approximate surface area is 131 Å². The van der Waals surface area contributed by atoms with Crippen LogP contribution in [0.15, 0.2) is 41.0 Å². The summed E-state index contributed by atoms with van der Waals surface area (Å²) in [5.41, 5.74) is 1.18. The minimum atomic E-state index is -0.565. The molecule has 0 bridgehead atoms. The summed E-state index contributed by atoms with van der Waals surface area (Å²) in [7, 11) is 0. The molecule has 0 saturated carbocycles. The number of benzene rings is 1. The van der Waals surface area contributed by atoms with Crippen LogP contribution in [0, 0.1) is 11.2 Å². The van der Waals surface area contributed by atoms with E-state index in [0.717, 1.165) is 0 Å². The van der Waals surface area contributed by atoms with Gasteiger partial charge in [-0.3, -0.25) is 9.78 Å². The molecular formula is C16H16BrFN2O. The topological polar surface area (TPSA) is 42.0 Å². The largest absolute Gasteiger partial charge is 0.325 e. The van der Waals surface area contributed by atoms with E-state index in [1.54, 1.807) is 39.1 Å². The zero-order chi connectivity index (χ0) is 15.6. The van der Waals surface area contributed by atoms with Gasteiger partial charge < -0.3 is 5.32 Å². The average molecular weight is 351 g/mol. The van der Waals surface area contributed by atoms with Crippen molar-refractivity contribution in [1.29, 1.82) is 0 Å². The van der Waals surface area contributed by atoms with Crippen molar-refractivity contribution in [3.63, 3.8) is 0 Å². The van der Waals surface area contributed by atoms with Crippen molar-refractivity contribution in [3.05, 3.63) is 46.8 Å². The lowest BCUT2D eigenvalue weighted by Gasteiger charge is -2.19. The fourth-order valence-corrected chi connectivity index (χ4v) is 2.04. The van der Waals surface area contributed by atoms with E-state index in [9.17, 15) is 9.18 Å². The number of nitrogens with zero attached hydrogens (tertiary/aromatic N) is 1. The summed E-state index contributed by atoms with van der Waals surface area (Å²) >= 11 is 3.17. The summed E-state index contributed by atoms with van der Waals surface area (Å²) < 4.78 is 14.1. The molecule has 5 heteroatoms. The van der Waals surface area contributed by atoms with Crippen molar-refractivity contribution < 1.29 is 9.18 Å². The molecule has 0 atom stereocenters. The Balaban J connectivity index is 2.50. The van der Waals surface area contributed by atoms with E-state index in [1.165, 1.54) is 6.07 Å². The van der Waals surface area contributed by atoms with Gasteiger partial charge in [0.1, 0.15) is 5.82 Å². The predicted octanol–water partition coefficient (Wildman–Crippen LogP) is 4.63. The molecule has 3 nitrogen and oxygen atoms in total. The number of amides is 1. The van der Waals surface area contributed by atoms with Crippen LogP contribution in [0.2, 0.25) is 0 Å². The summed E-state index contributed by atoms with van der Waals surface area (Å²) in [4.78, 5) is 16.4. The number of nitrogens with one attached hydrogen (secondary N) is 1. The fourth-order valence-electron chi connectivity index (χ4n) is 1.69. The number of anilines is 1. The van der Waals surface area contributed by atoms with E-state index >= 15 is 0 Å². The van der Waals surface area contributed by atoms with Gasteiger partial charge in [-0.25, -0.2) is 4.39 Å². The number of rotatable bonds is 2. The summed E-state index contributed by atoms with van der Waals surface area (Å²) in [5.74, 6) is -0.611. The minimum absolute atomic E-state index is 0.179. The number of aromatic nitrogens is 1. The van der Waals surface area contributed by atoms with Crippen molar-refractivity contribution in [2.45, 2.75) is 20.8 Å². The number of pyridine rings is 1. The van der Waals surface area contributed by atoms with Gasteiger partial charge in [-0.05, 0) is 40.2 Å². The van der Waals surface area contributed by atoms with Crippen molar-refractivity contribution >= 4 is 27.5 Å². The highest BCUT2D eigenvalue weighted by Crippen LogP contribution is 2.32. The van der Waals surface area contributed by atoms with Crippen LogP contribution < -0.4 is 5.32 Å². The SMILES string of the molecule is CC(C)(C)C(=O)Nc1cc(F)c(Br)cc1-c1ccccn1. The maximum Gasteiger partial charge on any atom is 0.229 e. The standard InChI is InChI=1S/C16H16BrFN2O/c1-16(2,3)15(21)20-14-9-12(18)11(17)8-10(14)13-6-4-5-7-19-13/h4-9H,1-3H3,(H,20,21). The fraction of sp³-hybridized carbons (Fsp3) is 0.250. The van der Waals surface area contributed by atoms with Gasteiger partial charge >= 0.3 is 0 Å². The van der Waals surface area contributed by atoms with Gasteiger partial charge in [0.2, 0.25) is 5.91 Å². The van der Waals surface area contributed by atoms with Crippen LogP contribution >= 0.6 is 15.9 Å². The van der Waals surface area contributed by atoms with Gasteiger partial charge in [-0.15, -0.1) is 0 Å². The minimum Gasteiger partial charge on any atom is -0.325 e. The van der Waals surface area contributed by atoms with Crippen molar-refractivity contribution in [2.24, 2.45) is 5.41 Å². The van der Waals surface area contributed by atoms with Crippen LogP contribution in [0.4, 0.5) is 10.1 Å². The first-order valence-electron chi connectivity index (χ1n) is 6.51. The molecule has 1 aromatic carbocycles. The smallest absolute Gasteiger partial charge is 0.229 e. The number of carbonyl (C=O) groups excluding carboxylic acids is 1. The zero-order valence-corrected chi connectivity index (χ0v) is 13.7. The second-order valence-corrected chi connectivity index (χ2v) is 6.59. The summed E-state index contributed by atoms with van der Waals surface area (Å²) in [6.45, 7) is 5.41. The van der Waals surface area contributed by atoms with Crippen LogP contribution in [0.1, 0.15) is 20.8 Å². The molecule has 0 spiro atoms. The number of hydrogen-bond acceptors (Lipinski definition) is 2. The lowest BCUT2D eigenvalue weighted by atomic mass is 9.95. The van der Waals surface area contributed by atoms with Gasteiger partial charge in [0.25, 0.3) is 0 Å². The lowest BCUT2D eigenvalue weighted by molar-refractivity contribution is -0.123. The third kappa shape index (κ3) is 3.67. The predicted molar refractivity (Wildman–Crippen MR) is 85.4 cm³/mol. The Morgan fingerprint density at radius 1 is 1.29 bits per heavy atom. The van der Waals surface area contributed by atoms with Crippen LogP contribution in [0.3, 0.4) is 0 Å². The molecule has 0 saturated heterocycles. The molecule has 0 radical (unpaired) electrons. The van der Waals surface area contributed by atoms with Crippen LogP contribution in [0.5, 0.6) is 0 Å². The van der Waals surface area contributed by atoms with Crippen LogP contribution in [-0.4, -0.2) is 10.9 Å². The highest BCUT2D eigenvalue weighted by atomic mass is 79.9. The van der Waals surface area contributed by atoms with Crippen LogP contribution in [0.25, 0.3) is 11.3 Å². The van der Waals surface area contributed by atoms with Crippen molar-refractivity contribution in [3.8, 4) is 11.3 Å². The Morgan fingerprint density at radius 3 is 2.57 bits per heavy atom. The molecule has 0 aliphatic rings. The Morgan fingerprint density at radius 2 is 2.00 bits per heavy atom. The lowest BCUT2D eigenvalue weighted by Crippen LogP contribution is -2.28. The normalized spacial score (nSPS) is 11.3. The molecule has 0 unspecified atom stereocenters. The number of halogens is 2. The van der Waals surface area contributed by atoms with Gasteiger partial charge in [-0.2, -0.15) is 0 Å². The van der Waals surface area contributed by atoms with Gasteiger partial charge in [0, 0.05) is 17.2 Å². The molecule has 21 heavy (non-hydrogen) atoms. The molecule has 1 aromatic heterocycles. The van der Waals surface area contributed by atoms with Gasteiger partial charge in [0.05, 0.1) is 15.9 Å². The first-order valence-corrected chi connectivity index (χ1v) is 7.30.